The SMILES string of the molecule is CCN(C1CCC(C(=O)OC)CC1)S(=O)(=O)c1cccc(C(=O)Nc2cc(Cl)c(Cl)cc2Nc2ccc(CCc3ccc(C(=O)OC)cc3)cc2)c1. The molecule has 0 unspecified atom stereocenters. The second kappa shape index (κ2) is 17.4. The van der Waals surface area contributed by atoms with Gasteiger partial charge in [0.1, 0.15) is 0 Å². The summed E-state index contributed by atoms with van der Waals surface area (Å²) in [5, 5.41) is 6.67. The monoisotopic (exact) mass is 765 g/mol. The number of nitrogens with zero attached hydrogens (tertiary/aromatic N) is 1. The maximum absolute atomic E-state index is 13.8. The summed E-state index contributed by atoms with van der Waals surface area (Å²) in [4.78, 5) is 37.3. The van der Waals surface area contributed by atoms with Gasteiger partial charge < -0.3 is 20.1 Å². The number of amides is 1. The molecule has 10 nitrogen and oxygen atoms in total. The number of halogens is 2. The predicted molar refractivity (Wildman–Crippen MR) is 203 cm³/mol. The van der Waals surface area contributed by atoms with Crippen molar-refractivity contribution in [2.45, 2.75) is 56.4 Å². The van der Waals surface area contributed by atoms with Crippen LogP contribution < -0.4 is 10.6 Å². The van der Waals surface area contributed by atoms with Crippen LogP contribution in [0.3, 0.4) is 0 Å². The fraction of sp³-hybridized carbons (Fsp3) is 0.308. The number of carbonyl (C=O) groups is 3. The summed E-state index contributed by atoms with van der Waals surface area (Å²) in [6.07, 6.45) is 3.74. The number of esters is 2. The van der Waals surface area contributed by atoms with Crippen LogP contribution in [0, 0.1) is 5.92 Å². The lowest BCUT2D eigenvalue weighted by atomic mass is 9.86. The van der Waals surface area contributed by atoms with Crippen molar-refractivity contribution < 1.29 is 32.3 Å². The molecule has 0 atom stereocenters. The number of carbonyl (C=O) groups excluding carboxylic acids is 3. The van der Waals surface area contributed by atoms with Crippen LogP contribution in [0.2, 0.25) is 10.0 Å². The second-order valence-electron chi connectivity index (χ2n) is 12.5. The van der Waals surface area contributed by atoms with E-state index in [-0.39, 0.29) is 50.9 Å². The smallest absolute Gasteiger partial charge is 0.337 e. The van der Waals surface area contributed by atoms with Crippen molar-refractivity contribution in [3.63, 3.8) is 0 Å². The van der Waals surface area contributed by atoms with Crippen LogP contribution in [-0.2, 0) is 37.1 Å². The standard InChI is InChI=1S/C39H41Cl2N3O7S/c1-4-44(31-20-16-28(17-21-31)39(47)51-3)52(48,49)32-7-5-6-29(22-32)37(45)43-36-24-34(41)33(40)23-35(36)42-30-18-12-26(13-19-30)9-8-25-10-14-27(15-11-25)38(46)50-2/h5-7,10-15,18-19,22-24,28,31,42H,4,8-9,16-17,20-21H2,1-3H3,(H,43,45). The Morgan fingerprint density at radius 2 is 1.37 bits per heavy atom. The number of rotatable bonds is 13. The van der Waals surface area contributed by atoms with E-state index in [0.29, 0.717) is 42.6 Å². The highest BCUT2D eigenvalue weighted by molar-refractivity contribution is 7.89. The molecule has 274 valence electrons. The van der Waals surface area contributed by atoms with Gasteiger partial charge >= 0.3 is 11.9 Å². The molecule has 4 aromatic carbocycles. The van der Waals surface area contributed by atoms with Gasteiger partial charge in [-0.05, 0) is 104 Å². The molecule has 1 fully saturated rings. The first kappa shape index (κ1) is 38.8. The summed E-state index contributed by atoms with van der Waals surface area (Å²) >= 11 is 12.7. The van der Waals surface area contributed by atoms with Crippen LogP contribution in [0.5, 0.6) is 0 Å². The normalized spacial score (nSPS) is 15.9. The largest absolute Gasteiger partial charge is 0.469 e. The molecule has 1 aliphatic rings. The molecule has 1 amide bonds. The lowest BCUT2D eigenvalue weighted by Gasteiger charge is -2.34. The van der Waals surface area contributed by atoms with E-state index in [0.717, 1.165) is 29.7 Å². The zero-order valence-corrected chi connectivity index (χ0v) is 31.5. The summed E-state index contributed by atoms with van der Waals surface area (Å²) < 4.78 is 38.8. The molecule has 1 aliphatic carbocycles. The minimum absolute atomic E-state index is 0.00266. The maximum Gasteiger partial charge on any atom is 0.337 e. The van der Waals surface area contributed by atoms with E-state index in [1.165, 1.54) is 42.8 Å². The highest BCUT2D eigenvalue weighted by Gasteiger charge is 2.35. The van der Waals surface area contributed by atoms with Gasteiger partial charge in [-0.2, -0.15) is 4.31 Å². The number of ether oxygens (including phenoxy) is 2. The topological polar surface area (TPSA) is 131 Å². The fourth-order valence-corrected chi connectivity index (χ4v) is 8.46. The maximum atomic E-state index is 13.8. The molecule has 13 heteroatoms. The van der Waals surface area contributed by atoms with Gasteiger partial charge in [-0.15, -0.1) is 0 Å². The lowest BCUT2D eigenvalue weighted by Crippen LogP contribution is -2.43. The lowest BCUT2D eigenvalue weighted by molar-refractivity contribution is -0.146. The van der Waals surface area contributed by atoms with Crippen molar-refractivity contribution in [1.82, 2.24) is 4.31 Å². The molecule has 0 bridgehead atoms. The Morgan fingerprint density at radius 1 is 0.769 bits per heavy atom. The molecule has 0 saturated heterocycles. The van der Waals surface area contributed by atoms with E-state index in [9.17, 15) is 22.8 Å². The van der Waals surface area contributed by atoms with Gasteiger partial charge in [0.15, 0.2) is 0 Å². The van der Waals surface area contributed by atoms with Crippen molar-refractivity contribution in [1.29, 1.82) is 0 Å². The van der Waals surface area contributed by atoms with E-state index >= 15 is 0 Å². The average Bonchev–Trinajstić information content (AvgIpc) is 3.16. The third-order valence-corrected chi connectivity index (χ3v) is 12.0. The van der Waals surface area contributed by atoms with Crippen molar-refractivity contribution in [2.24, 2.45) is 5.92 Å². The Bertz CT molecular complexity index is 2010. The molecule has 0 aliphatic heterocycles. The first-order valence-electron chi connectivity index (χ1n) is 17.0. The number of anilines is 3. The second-order valence-corrected chi connectivity index (χ2v) is 15.2. The molecule has 0 radical (unpaired) electrons. The number of nitrogens with one attached hydrogen (secondary N) is 2. The minimum Gasteiger partial charge on any atom is -0.469 e. The fourth-order valence-electron chi connectivity index (χ4n) is 6.40. The predicted octanol–water partition coefficient (Wildman–Crippen LogP) is 8.30. The third-order valence-electron chi connectivity index (χ3n) is 9.27. The summed E-state index contributed by atoms with van der Waals surface area (Å²) in [5.74, 6) is -1.40. The Balaban J connectivity index is 1.26. The van der Waals surface area contributed by atoms with Gasteiger partial charge in [0, 0.05) is 23.8 Å². The van der Waals surface area contributed by atoms with E-state index in [1.54, 1.807) is 31.2 Å². The highest BCUT2D eigenvalue weighted by Crippen LogP contribution is 2.36. The Kier molecular flexibility index (Phi) is 13.0. The Morgan fingerprint density at radius 3 is 1.94 bits per heavy atom. The van der Waals surface area contributed by atoms with Gasteiger partial charge in [-0.1, -0.05) is 60.5 Å². The zero-order chi connectivity index (χ0) is 37.4. The van der Waals surface area contributed by atoms with Gasteiger partial charge in [-0.3, -0.25) is 9.59 Å². The van der Waals surface area contributed by atoms with Crippen molar-refractivity contribution in [3.8, 4) is 0 Å². The highest BCUT2D eigenvalue weighted by atomic mass is 35.5. The van der Waals surface area contributed by atoms with E-state index < -0.39 is 15.9 Å². The van der Waals surface area contributed by atoms with Crippen LogP contribution in [-0.4, -0.2) is 57.4 Å². The van der Waals surface area contributed by atoms with Gasteiger partial charge in [0.2, 0.25) is 10.0 Å². The number of hydrogen-bond donors (Lipinski definition) is 2. The Labute approximate surface area is 314 Å². The van der Waals surface area contributed by atoms with Crippen molar-refractivity contribution in [2.75, 3.05) is 31.4 Å². The van der Waals surface area contributed by atoms with Gasteiger partial charge in [0.25, 0.3) is 5.91 Å². The average molecular weight is 767 g/mol. The van der Waals surface area contributed by atoms with Crippen LogP contribution in [0.4, 0.5) is 17.1 Å². The quantitative estimate of drug-likeness (QED) is 0.130. The molecule has 4 aromatic rings. The van der Waals surface area contributed by atoms with Gasteiger partial charge in [0.05, 0.1) is 52.0 Å². The van der Waals surface area contributed by atoms with E-state index in [1.807, 2.05) is 36.4 Å². The first-order chi connectivity index (χ1) is 24.9. The van der Waals surface area contributed by atoms with E-state index in [4.69, 9.17) is 32.7 Å². The Hall–Kier alpha value is -4.42. The number of sulfonamides is 1. The molecule has 0 spiro atoms. The number of methoxy groups -OCH3 is 2. The molecular formula is C39H41Cl2N3O7S. The number of benzene rings is 4. The van der Waals surface area contributed by atoms with E-state index in [2.05, 4.69) is 10.6 Å². The molecule has 52 heavy (non-hydrogen) atoms. The first-order valence-corrected chi connectivity index (χ1v) is 19.2. The minimum atomic E-state index is -3.94. The number of aryl methyl sites for hydroxylation is 2. The molecule has 1 saturated carbocycles. The van der Waals surface area contributed by atoms with Crippen molar-refractivity contribution >= 4 is 68.1 Å². The van der Waals surface area contributed by atoms with Crippen LogP contribution in [0.15, 0.2) is 89.8 Å². The molecular weight excluding hydrogens is 725 g/mol. The van der Waals surface area contributed by atoms with Gasteiger partial charge in [-0.25, -0.2) is 13.2 Å². The van der Waals surface area contributed by atoms with Crippen LogP contribution in [0.25, 0.3) is 0 Å². The molecule has 2 N–H and O–H groups in total. The molecule has 5 rings (SSSR count). The van der Waals surface area contributed by atoms with Crippen molar-refractivity contribution in [3.05, 3.63) is 117 Å². The summed E-state index contributed by atoms with van der Waals surface area (Å²) in [6.45, 7) is 2.03. The molecule has 0 heterocycles. The number of hydrogen-bond acceptors (Lipinski definition) is 8. The third kappa shape index (κ3) is 9.32. The van der Waals surface area contributed by atoms with Crippen LogP contribution >= 0.6 is 23.2 Å². The van der Waals surface area contributed by atoms with Crippen LogP contribution in [0.1, 0.15) is 64.4 Å². The molecule has 0 aromatic heterocycles. The summed E-state index contributed by atoms with van der Waals surface area (Å²) in [5.41, 5.74) is 4.44. The summed E-state index contributed by atoms with van der Waals surface area (Å²) in [6, 6.07) is 24.0. The summed E-state index contributed by atoms with van der Waals surface area (Å²) in [7, 11) is -1.23. The zero-order valence-electron chi connectivity index (χ0n) is 29.2.